The molecule has 0 aliphatic heterocycles. The first kappa shape index (κ1) is 19.9. The Morgan fingerprint density at radius 2 is 1.92 bits per heavy atom. The van der Waals surface area contributed by atoms with Crippen molar-refractivity contribution in [2.24, 2.45) is 5.73 Å². The molecule has 0 aliphatic carbocycles. The second kappa shape index (κ2) is 9.30. The summed E-state index contributed by atoms with van der Waals surface area (Å²) < 4.78 is 26.7. The SMILES string of the molecule is C[C@H](NCC(=O)Nc1ccccc1SCC(N)=O)c1ccc(F)cc1F. The van der Waals surface area contributed by atoms with Gasteiger partial charge in [0.05, 0.1) is 18.0 Å². The monoisotopic (exact) mass is 379 g/mol. The number of thioether (sulfide) groups is 1. The van der Waals surface area contributed by atoms with Gasteiger partial charge in [-0.2, -0.15) is 0 Å². The minimum Gasteiger partial charge on any atom is -0.369 e. The fourth-order valence-corrected chi connectivity index (χ4v) is 2.99. The molecule has 26 heavy (non-hydrogen) atoms. The second-order valence-corrected chi connectivity index (χ2v) is 6.58. The number of nitrogens with one attached hydrogen (secondary N) is 2. The summed E-state index contributed by atoms with van der Waals surface area (Å²) in [6.07, 6.45) is 0. The number of para-hydroxylation sites is 1. The summed E-state index contributed by atoms with van der Waals surface area (Å²) in [5, 5.41) is 5.63. The summed E-state index contributed by atoms with van der Waals surface area (Å²) in [4.78, 5) is 23.8. The first-order chi connectivity index (χ1) is 12.4. The molecular formula is C18H19F2N3O2S. The molecule has 0 bridgehead atoms. The van der Waals surface area contributed by atoms with Crippen LogP contribution in [0.4, 0.5) is 14.5 Å². The maximum Gasteiger partial charge on any atom is 0.238 e. The summed E-state index contributed by atoms with van der Waals surface area (Å²) in [7, 11) is 0. The van der Waals surface area contributed by atoms with Crippen LogP contribution in [0, 0.1) is 11.6 Å². The van der Waals surface area contributed by atoms with Crippen molar-refractivity contribution in [3.8, 4) is 0 Å². The zero-order valence-corrected chi connectivity index (χ0v) is 14.9. The highest BCUT2D eigenvalue weighted by Crippen LogP contribution is 2.26. The number of anilines is 1. The Kier molecular flexibility index (Phi) is 7.11. The lowest BCUT2D eigenvalue weighted by molar-refractivity contribution is -0.116. The number of hydrogen-bond acceptors (Lipinski definition) is 4. The van der Waals surface area contributed by atoms with Crippen molar-refractivity contribution in [3.05, 3.63) is 59.7 Å². The van der Waals surface area contributed by atoms with E-state index in [-0.39, 0.29) is 23.8 Å². The molecule has 0 fully saturated rings. The van der Waals surface area contributed by atoms with Crippen LogP contribution < -0.4 is 16.4 Å². The summed E-state index contributed by atoms with van der Waals surface area (Å²) >= 11 is 1.23. The van der Waals surface area contributed by atoms with Crippen molar-refractivity contribution in [2.45, 2.75) is 17.9 Å². The van der Waals surface area contributed by atoms with Gasteiger partial charge in [-0.05, 0) is 25.1 Å². The molecule has 0 saturated heterocycles. The van der Waals surface area contributed by atoms with E-state index in [1.54, 1.807) is 31.2 Å². The number of benzene rings is 2. The van der Waals surface area contributed by atoms with E-state index in [1.807, 2.05) is 0 Å². The Morgan fingerprint density at radius 3 is 2.62 bits per heavy atom. The van der Waals surface area contributed by atoms with E-state index in [4.69, 9.17) is 5.73 Å². The number of rotatable bonds is 8. The van der Waals surface area contributed by atoms with Gasteiger partial charge in [0.2, 0.25) is 11.8 Å². The molecule has 0 radical (unpaired) electrons. The van der Waals surface area contributed by atoms with Crippen molar-refractivity contribution >= 4 is 29.3 Å². The molecule has 0 spiro atoms. The van der Waals surface area contributed by atoms with Crippen LogP contribution in [0.2, 0.25) is 0 Å². The van der Waals surface area contributed by atoms with E-state index < -0.39 is 23.6 Å². The fraction of sp³-hybridized carbons (Fsp3) is 0.222. The molecule has 4 N–H and O–H groups in total. The first-order valence-electron chi connectivity index (χ1n) is 7.85. The van der Waals surface area contributed by atoms with E-state index >= 15 is 0 Å². The van der Waals surface area contributed by atoms with Crippen molar-refractivity contribution in [3.63, 3.8) is 0 Å². The molecule has 2 rings (SSSR count). The van der Waals surface area contributed by atoms with Crippen LogP contribution in [0.15, 0.2) is 47.4 Å². The maximum atomic E-state index is 13.8. The summed E-state index contributed by atoms with van der Waals surface area (Å²) in [5.74, 6) is -1.99. The number of primary amides is 1. The number of hydrogen-bond donors (Lipinski definition) is 3. The second-order valence-electron chi connectivity index (χ2n) is 5.57. The Labute approximate surface area is 154 Å². The Balaban J connectivity index is 1.93. The molecule has 0 aliphatic rings. The number of carbonyl (C=O) groups excluding carboxylic acids is 2. The normalized spacial score (nSPS) is 11.8. The van der Waals surface area contributed by atoms with Crippen LogP contribution in [0.1, 0.15) is 18.5 Å². The van der Waals surface area contributed by atoms with Gasteiger partial charge < -0.3 is 16.4 Å². The standard InChI is InChI=1S/C18H19F2N3O2S/c1-11(13-7-6-12(19)8-14(13)20)22-9-18(25)23-15-4-2-3-5-16(15)26-10-17(21)24/h2-8,11,22H,9-10H2,1H3,(H2,21,24)(H,23,25)/t11-/m0/s1. The van der Waals surface area contributed by atoms with Crippen molar-refractivity contribution < 1.29 is 18.4 Å². The first-order valence-corrected chi connectivity index (χ1v) is 8.83. The molecule has 2 amide bonds. The van der Waals surface area contributed by atoms with E-state index in [2.05, 4.69) is 10.6 Å². The minimum atomic E-state index is -0.668. The van der Waals surface area contributed by atoms with E-state index in [0.29, 0.717) is 5.69 Å². The molecule has 2 aromatic carbocycles. The third kappa shape index (κ3) is 5.82. The van der Waals surface area contributed by atoms with Crippen LogP contribution in [-0.4, -0.2) is 24.1 Å². The summed E-state index contributed by atoms with van der Waals surface area (Å²) in [5.41, 5.74) is 5.97. The van der Waals surface area contributed by atoms with E-state index in [0.717, 1.165) is 11.0 Å². The lowest BCUT2D eigenvalue weighted by Crippen LogP contribution is -2.30. The highest BCUT2D eigenvalue weighted by molar-refractivity contribution is 8.00. The third-order valence-corrected chi connectivity index (χ3v) is 4.62. The highest BCUT2D eigenvalue weighted by atomic mass is 32.2. The van der Waals surface area contributed by atoms with Gasteiger partial charge in [0, 0.05) is 22.6 Å². The van der Waals surface area contributed by atoms with Gasteiger partial charge in [-0.3, -0.25) is 9.59 Å². The molecule has 5 nitrogen and oxygen atoms in total. The van der Waals surface area contributed by atoms with E-state index in [9.17, 15) is 18.4 Å². The number of halogens is 2. The fourth-order valence-electron chi connectivity index (χ4n) is 2.25. The van der Waals surface area contributed by atoms with Gasteiger partial charge in [0.1, 0.15) is 11.6 Å². The molecule has 0 saturated carbocycles. The van der Waals surface area contributed by atoms with Crippen LogP contribution >= 0.6 is 11.8 Å². The maximum absolute atomic E-state index is 13.8. The van der Waals surface area contributed by atoms with Gasteiger partial charge >= 0.3 is 0 Å². The van der Waals surface area contributed by atoms with Crippen LogP contribution in [0.3, 0.4) is 0 Å². The molecule has 8 heteroatoms. The lowest BCUT2D eigenvalue weighted by atomic mass is 10.1. The molecule has 2 aromatic rings. The van der Waals surface area contributed by atoms with Gasteiger partial charge in [-0.15, -0.1) is 11.8 Å². The largest absolute Gasteiger partial charge is 0.369 e. The van der Waals surface area contributed by atoms with Crippen LogP contribution in [0.25, 0.3) is 0 Å². The third-order valence-electron chi connectivity index (χ3n) is 3.53. The van der Waals surface area contributed by atoms with Crippen LogP contribution in [-0.2, 0) is 9.59 Å². The Morgan fingerprint density at radius 1 is 1.19 bits per heavy atom. The molecule has 138 valence electrons. The van der Waals surface area contributed by atoms with Gasteiger partial charge in [0.25, 0.3) is 0 Å². The van der Waals surface area contributed by atoms with Crippen molar-refractivity contribution in [2.75, 3.05) is 17.6 Å². The average molecular weight is 379 g/mol. The average Bonchev–Trinajstić information content (AvgIpc) is 2.59. The smallest absolute Gasteiger partial charge is 0.238 e. The predicted octanol–water partition coefficient (Wildman–Crippen LogP) is 2.83. The molecular weight excluding hydrogens is 360 g/mol. The molecule has 1 atom stereocenters. The summed E-state index contributed by atoms with van der Waals surface area (Å²) in [6, 6.07) is 9.88. The predicted molar refractivity (Wildman–Crippen MR) is 97.8 cm³/mol. The lowest BCUT2D eigenvalue weighted by Gasteiger charge is -2.16. The Bertz CT molecular complexity index is 802. The van der Waals surface area contributed by atoms with Gasteiger partial charge in [0.15, 0.2) is 0 Å². The zero-order chi connectivity index (χ0) is 19.1. The van der Waals surface area contributed by atoms with Crippen molar-refractivity contribution in [1.82, 2.24) is 5.32 Å². The van der Waals surface area contributed by atoms with Crippen molar-refractivity contribution in [1.29, 1.82) is 0 Å². The quantitative estimate of drug-likeness (QED) is 0.616. The molecule has 0 heterocycles. The minimum absolute atomic E-state index is 0.0627. The van der Waals surface area contributed by atoms with E-state index in [1.165, 1.54) is 23.9 Å². The van der Waals surface area contributed by atoms with Gasteiger partial charge in [-0.25, -0.2) is 8.78 Å². The number of amides is 2. The zero-order valence-electron chi connectivity index (χ0n) is 14.1. The topological polar surface area (TPSA) is 84.2 Å². The van der Waals surface area contributed by atoms with Crippen LogP contribution in [0.5, 0.6) is 0 Å². The number of carbonyl (C=O) groups is 2. The summed E-state index contributed by atoms with van der Waals surface area (Å²) in [6.45, 7) is 1.62. The molecule has 0 unspecified atom stereocenters. The number of nitrogens with two attached hydrogens (primary N) is 1. The molecule has 0 aromatic heterocycles. The Hall–Kier alpha value is -2.45. The van der Waals surface area contributed by atoms with Gasteiger partial charge in [-0.1, -0.05) is 18.2 Å². The highest BCUT2D eigenvalue weighted by Gasteiger charge is 2.14.